The van der Waals surface area contributed by atoms with Crippen molar-refractivity contribution in [2.75, 3.05) is 5.32 Å². The molecule has 1 aliphatic heterocycles. The highest BCUT2D eigenvalue weighted by atomic mass is 79.9. The lowest BCUT2D eigenvalue weighted by Crippen LogP contribution is -2.24. The molecule has 6 nitrogen and oxygen atoms in total. The molecule has 0 aliphatic carbocycles. The molecule has 8 heteroatoms. The predicted molar refractivity (Wildman–Crippen MR) is 115 cm³/mol. The van der Waals surface area contributed by atoms with Crippen LogP contribution in [0, 0.1) is 0 Å². The van der Waals surface area contributed by atoms with E-state index < -0.39 is 10.8 Å². The maximum absolute atomic E-state index is 12.3. The van der Waals surface area contributed by atoms with Crippen LogP contribution in [0.3, 0.4) is 0 Å². The van der Waals surface area contributed by atoms with Crippen molar-refractivity contribution in [1.82, 2.24) is 4.57 Å². The number of hydrogen-bond acceptors (Lipinski definition) is 5. The Kier molecular flexibility index (Phi) is 4.97. The SMILES string of the molecule is O=C(Cn1c(O)c(C=C2C=Nc3ccccc32)sc1=O)Nc1ccccc1Br. The summed E-state index contributed by atoms with van der Waals surface area (Å²) in [6, 6.07) is 14.8. The molecule has 2 heterocycles. The zero-order valence-corrected chi connectivity index (χ0v) is 16.8. The number of aromatic nitrogens is 1. The van der Waals surface area contributed by atoms with E-state index in [1.165, 1.54) is 0 Å². The van der Waals surface area contributed by atoms with Crippen LogP contribution in [0.15, 0.2) is 62.8 Å². The van der Waals surface area contributed by atoms with Crippen LogP contribution in [-0.2, 0) is 11.3 Å². The number of fused-ring (bicyclic) bond motifs is 1. The van der Waals surface area contributed by atoms with Gasteiger partial charge in [-0.1, -0.05) is 41.7 Å². The second-order valence-electron chi connectivity index (χ2n) is 6.05. The highest BCUT2D eigenvalue weighted by Gasteiger charge is 2.18. The Balaban J connectivity index is 1.58. The van der Waals surface area contributed by atoms with Gasteiger partial charge in [0.05, 0.1) is 16.3 Å². The van der Waals surface area contributed by atoms with Gasteiger partial charge in [0.2, 0.25) is 11.8 Å². The van der Waals surface area contributed by atoms with Gasteiger partial charge in [0.25, 0.3) is 0 Å². The van der Waals surface area contributed by atoms with Crippen LogP contribution in [0.5, 0.6) is 5.88 Å². The number of thiazole rings is 1. The van der Waals surface area contributed by atoms with Crippen molar-refractivity contribution < 1.29 is 9.90 Å². The standard InChI is InChI=1S/C20H14BrN3O3S/c21-14-6-2-4-8-16(14)23-18(25)11-24-19(26)17(28-20(24)27)9-12-10-22-15-7-3-1-5-13(12)15/h1-10,26H,11H2,(H,23,25). The first-order valence-electron chi connectivity index (χ1n) is 8.35. The number of benzene rings is 2. The third-order valence-corrected chi connectivity index (χ3v) is 5.79. The minimum atomic E-state index is -0.408. The van der Waals surface area contributed by atoms with Crippen LogP contribution < -0.4 is 10.2 Å². The lowest BCUT2D eigenvalue weighted by atomic mass is 10.1. The number of amides is 1. The highest BCUT2D eigenvalue weighted by Crippen LogP contribution is 2.34. The molecule has 1 aromatic heterocycles. The van der Waals surface area contributed by atoms with Gasteiger partial charge in [0.1, 0.15) is 6.54 Å². The van der Waals surface area contributed by atoms with Gasteiger partial charge in [0, 0.05) is 21.8 Å². The van der Waals surface area contributed by atoms with Crippen LogP contribution in [0.25, 0.3) is 11.6 Å². The average molecular weight is 456 g/mol. The topological polar surface area (TPSA) is 83.7 Å². The normalized spacial score (nSPS) is 13.7. The minimum absolute atomic E-state index is 0.234. The molecule has 3 aromatic rings. The molecule has 0 spiro atoms. The lowest BCUT2D eigenvalue weighted by molar-refractivity contribution is -0.116. The Morgan fingerprint density at radius 2 is 1.96 bits per heavy atom. The molecule has 0 radical (unpaired) electrons. The van der Waals surface area contributed by atoms with Gasteiger partial charge in [-0.15, -0.1) is 0 Å². The Hall–Kier alpha value is -2.97. The summed E-state index contributed by atoms with van der Waals surface area (Å²) in [7, 11) is 0. The molecule has 4 rings (SSSR count). The fourth-order valence-corrected chi connectivity index (χ4v) is 4.06. The molecule has 2 N–H and O–H groups in total. The van der Waals surface area contributed by atoms with E-state index in [2.05, 4.69) is 26.2 Å². The number of carbonyl (C=O) groups is 1. The number of aromatic hydroxyl groups is 1. The summed E-state index contributed by atoms with van der Waals surface area (Å²) < 4.78 is 1.79. The molecular formula is C20H14BrN3O3S. The molecule has 0 fully saturated rings. The van der Waals surface area contributed by atoms with E-state index in [-0.39, 0.29) is 12.4 Å². The maximum atomic E-state index is 12.3. The minimum Gasteiger partial charge on any atom is -0.493 e. The third-order valence-electron chi connectivity index (χ3n) is 4.19. The molecule has 28 heavy (non-hydrogen) atoms. The largest absolute Gasteiger partial charge is 0.493 e. The van der Waals surface area contributed by atoms with E-state index in [0.29, 0.717) is 10.6 Å². The second-order valence-corrected chi connectivity index (χ2v) is 7.89. The van der Waals surface area contributed by atoms with Gasteiger partial charge in [-0.25, -0.2) is 0 Å². The zero-order valence-electron chi connectivity index (χ0n) is 14.4. The van der Waals surface area contributed by atoms with Crippen molar-refractivity contribution >= 4 is 62.4 Å². The van der Waals surface area contributed by atoms with Crippen molar-refractivity contribution in [2.24, 2.45) is 4.99 Å². The first-order chi connectivity index (χ1) is 13.5. The molecule has 2 aromatic carbocycles. The highest BCUT2D eigenvalue weighted by molar-refractivity contribution is 9.10. The molecule has 0 bridgehead atoms. The number of aliphatic imine (C=N–C) groups is 1. The van der Waals surface area contributed by atoms with E-state index in [4.69, 9.17) is 0 Å². The van der Waals surface area contributed by atoms with Crippen molar-refractivity contribution in [1.29, 1.82) is 0 Å². The van der Waals surface area contributed by atoms with Gasteiger partial charge < -0.3 is 10.4 Å². The van der Waals surface area contributed by atoms with E-state index in [1.807, 2.05) is 30.3 Å². The maximum Gasteiger partial charge on any atom is 0.311 e. The van der Waals surface area contributed by atoms with Crippen molar-refractivity contribution in [3.8, 4) is 5.88 Å². The number of halogens is 1. The molecule has 0 saturated heterocycles. The fraction of sp³-hybridized carbons (Fsp3) is 0.0500. The lowest BCUT2D eigenvalue weighted by Gasteiger charge is -2.08. The zero-order chi connectivity index (χ0) is 19.7. The summed E-state index contributed by atoms with van der Waals surface area (Å²) in [5.74, 6) is -0.642. The molecule has 140 valence electrons. The number of nitrogens with zero attached hydrogens (tertiary/aromatic N) is 2. The van der Waals surface area contributed by atoms with Crippen molar-refractivity contribution in [3.05, 3.63) is 73.1 Å². The first kappa shape index (κ1) is 18.4. The van der Waals surface area contributed by atoms with E-state index in [0.717, 1.165) is 37.2 Å². The number of rotatable bonds is 4. The van der Waals surface area contributed by atoms with Gasteiger partial charge >= 0.3 is 4.87 Å². The second kappa shape index (κ2) is 7.57. The quantitative estimate of drug-likeness (QED) is 0.615. The molecule has 1 aliphatic rings. The smallest absolute Gasteiger partial charge is 0.311 e. The monoisotopic (exact) mass is 455 g/mol. The van der Waals surface area contributed by atoms with E-state index >= 15 is 0 Å². The average Bonchev–Trinajstić information content (AvgIpc) is 3.20. The Morgan fingerprint density at radius 3 is 2.79 bits per heavy atom. The van der Waals surface area contributed by atoms with Crippen molar-refractivity contribution in [3.63, 3.8) is 0 Å². The summed E-state index contributed by atoms with van der Waals surface area (Å²) in [6.45, 7) is -0.281. The van der Waals surface area contributed by atoms with Crippen LogP contribution >= 0.6 is 27.3 Å². The van der Waals surface area contributed by atoms with Gasteiger partial charge in [-0.3, -0.25) is 19.1 Å². The number of carbonyl (C=O) groups excluding carboxylic acids is 1. The Morgan fingerprint density at radius 1 is 1.21 bits per heavy atom. The van der Waals surface area contributed by atoms with Crippen molar-refractivity contribution in [2.45, 2.75) is 6.54 Å². The van der Waals surface area contributed by atoms with Gasteiger partial charge in [-0.05, 0) is 40.2 Å². The number of nitrogens with one attached hydrogen (secondary N) is 1. The Bertz CT molecular complexity index is 1190. The summed E-state index contributed by atoms with van der Waals surface area (Å²) >= 11 is 4.24. The van der Waals surface area contributed by atoms with Crippen LogP contribution in [0.4, 0.5) is 11.4 Å². The third kappa shape index (κ3) is 3.56. The summed E-state index contributed by atoms with van der Waals surface area (Å²) in [4.78, 5) is 28.9. The summed E-state index contributed by atoms with van der Waals surface area (Å²) in [6.07, 6.45) is 3.40. The first-order valence-corrected chi connectivity index (χ1v) is 9.96. The number of para-hydroxylation sites is 2. The van der Waals surface area contributed by atoms with E-state index in [1.54, 1.807) is 30.5 Å². The van der Waals surface area contributed by atoms with Gasteiger partial charge in [0.15, 0.2) is 0 Å². The fourth-order valence-electron chi connectivity index (χ4n) is 2.84. The van der Waals surface area contributed by atoms with E-state index in [9.17, 15) is 14.7 Å². The molecule has 0 atom stereocenters. The predicted octanol–water partition coefficient (Wildman–Crippen LogP) is 4.27. The number of allylic oxidation sites excluding steroid dienone is 1. The number of hydrogen-bond donors (Lipinski definition) is 2. The summed E-state index contributed by atoms with van der Waals surface area (Å²) in [5, 5.41) is 13.2. The van der Waals surface area contributed by atoms with Crippen LogP contribution in [0.1, 0.15) is 10.4 Å². The molecule has 0 saturated carbocycles. The Labute approximate surface area is 172 Å². The number of anilines is 1. The molecule has 1 amide bonds. The van der Waals surface area contributed by atoms with Crippen LogP contribution in [-0.4, -0.2) is 21.8 Å². The van der Waals surface area contributed by atoms with Crippen LogP contribution in [0.2, 0.25) is 0 Å². The molecule has 0 unspecified atom stereocenters. The van der Waals surface area contributed by atoms with Gasteiger partial charge in [-0.2, -0.15) is 0 Å². The summed E-state index contributed by atoms with van der Waals surface area (Å²) in [5.41, 5.74) is 3.17. The molecular weight excluding hydrogens is 442 g/mol.